The van der Waals surface area contributed by atoms with Gasteiger partial charge in [0.25, 0.3) is 0 Å². The Hall–Kier alpha value is -0.910. The summed E-state index contributed by atoms with van der Waals surface area (Å²) in [4.78, 5) is 0. The standard InChI is InChI=1S/C15H26N2O2S/c1-4-16-12-14(3)20(18,19)17-13(2)10-11-15-8-6-5-7-9-15/h5-9,13-14,16-17H,4,10-12H2,1-3H3. The van der Waals surface area contributed by atoms with E-state index in [-0.39, 0.29) is 6.04 Å². The van der Waals surface area contributed by atoms with Crippen molar-refractivity contribution in [1.29, 1.82) is 0 Å². The minimum absolute atomic E-state index is 0.0516. The number of rotatable bonds is 9. The second-order valence-electron chi connectivity index (χ2n) is 5.21. The number of nitrogens with one attached hydrogen (secondary N) is 2. The van der Waals surface area contributed by atoms with Crippen molar-refractivity contribution in [3.05, 3.63) is 35.9 Å². The highest BCUT2D eigenvalue weighted by Gasteiger charge is 2.21. The number of hydrogen-bond donors (Lipinski definition) is 2. The normalized spacial score (nSPS) is 14.9. The lowest BCUT2D eigenvalue weighted by Crippen LogP contribution is -2.42. The van der Waals surface area contributed by atoms with Crippen LogP contribution in [0, 0.1) is 0 Å². The first-order valence-corrected chi connectivity index (χ1v) is 8.76. The first kappa shape index (κ1) is 17.1. The zero-order valence-electron chi connectivity index (χ0n) is 12.6. The average molecular weight is 298 g/mol. The molecule has 0 bridgehead atoms. The molecule has 5 heteroatoms. The highest BCUT2D eigenvalue weighted by Crippen LogP contribution is 2.07. The second kappa shape index (κ2) is 8.39. The summed E-state index contributed by atoms with van der Waals surface area (Å²) in [5.74, 6) is 0. The monoisotopic (exact) mass is 298 g/mol. The SMILES string of the molecule is CCNCC(C)S(=O)(=O)NC(C)CCc1ccccc1. The van der Waals surface area contributed by atoms with Crippen LogP contribution in [0.15, 0.2) is 30.3 Å². The summed E-state index contributed by atoms with van der Waals surface area (Å²) >= 11 is 0. The van der Waals surface area contributed by atoms with Gasteiger partial charge in [0.05, 0.1) is 5.25 Å². The van der Waals surface area contributed by atoms with Gasteiger partial charge in [-0.05, 0) is 38.8 Å². The van der Waals surface area contributed by atoms with Crippen LogP contribution in [0.1, 0.15) is 32.8 Å². The smallest absolute Gasteiger partial charge is 0.215 e. The highest BCUT2D eigenvalue weighted by atomic mass is 32.2. The van der Waals surface area contributed by atoms with E-state index in [1.165, 1.54) is 5.56 Å². The quantitative estimate of drug-likeness (QED) is 0.732. The van der Waals surface area contributed by atoms with Gasteiger partial charge in [-0.1, -0.05) is 37.3 Å². The maximum Gasteiger partial charge on any atom is 0.215 e. The molecule has 0 fully saturated rings. The van der Waals surface area contributed by atoms with Crippen molar-refractivity contribution >= 4 is 10.0 Å². The molecule has 1 aromatic rings. The van der Waals surface area contributed by atoms with Crippen LogP contribution >= 0.6 is 0 Å². The maximum atomic E-state index is 12.1. The van der Waals surface area contributed by atoms with E-state index in [2.05, 4.69) is 22.2 Å². The molecule has 4 nitrogen and oxygen atoms in total. The number of sulfonamides is 1. The molecular weight excluding hydrogens is 272 g/mol. The van der Waals surface area contributed by atoms with Crippen molar-refractivity contribution in [3.8, 4) is 0 Å². The first-order valence-electron chi connectivity index (χ1n) is 7.21. The molecule has 0 aliphatic heterocycles. The lowest BCUT2D eigenvalue weighted by Gasteiger charge is -2.18. The fourth-order valence-corrected chi connectivity index (χ4v) is 3.19. The molecule has 0 saturated carbocycles. The Labute approximate surface area is 123 Å². The molecule has 2 N–H and O–H groups in total. The Kier molecular flexibility index (Phi) is 7.19. The van der Waals surface area contributed by atoms with Gasteiger partial charge in [0.15, 0.2) is 0 Å². The molecule has 114 valence electrons. The van der Waals surface area contributed by atoms with Crippen LogP contribution in [-0.2, 0) is 16.4 Å². The van der Waals surface area contributed by atoms with Crippen molar-refractivity contribution in [2.24, 2.45) is 0 Å². The molecule has 20 heavy (non-hydrogen) atoms. The van der Waals surface area contributed by atoms with Crippen LogP contribution in [0.25, 0.3) is 0 Å². The number of benzene rings is 1. The molecule has 2 atom stereocenters. The van der Waals surface area contributed by atoms with E-state index in [1.807, 2.05) is 32.0 Å². The molecule has 0 aliphatic carbocycles. The van der Waals surface area contributed by atoms with E-state index in [9.17, 15) is 8.42 Å². The topological polar surface area (TPSA) is 58.2 Å². The van der Waals surface area contributed by atoms with Gasteiger partial charge < -0.3 is 5.32 Å². The van der Waals surface area contributed by atoms with Crippen molar-refractivity contribution in [3.63, 3.8) is 0 Å². The lowest BCUT2D eigenvalue weighted by molar-refractivity contribution is 0.531. The molecule has 0 aliphatic rings. The van der Waals surface area contributed by atoms with E-state index < -0.39 is 15.3 Å². The van der Waals surface area contributed by atoms with Crippen LogP contribution in [0.2, 0.25) is 0 Å². The van der Waals surface area contributed by atoms with Crippen molar-refractivity contribution in [2.75, 3.05) is 13.1 Å². The van der Waals surface area contributed by atoms with Crippen LogP contribution in [0.5, 0.6) is 0 Å². The van der Waals surface area contributed by atoms with Gasteiger partial charge in [-0.25, -0.2) is 13.1 Å². The van der Waals surface area contributed by atoms with Crippen LogP contribution in [0.3, 0.4) is 0 Å². The highest BCUT2D eigenvalue weighted by molar-refractivity contribution is 7.90. The minimum atomic E-state index is -3.25. The maximum absolute atomic E-state index is 12.1. The molecule has 0 saturated heterocycles. The van der Waals surface area contributed by atoms with Crippen LogP contribution in [0.4, 0.5) is 0 Å². The lowest BCUT2D eigenvalue weighted by atomic mass is 10.1. The summed E-state index contributed by atoms with van der Waals surface area (Å²) < 4.78 is 27.0. The molecule has 0 amide bonds. The Morgan fingerprint density at radius 1 is 1.15 bits per heavy atom. The summed E-state index contributed by atoms with van der Waals surface area (Å²) in [7, 11) is -3.25. The molecule has 0 radical (unpaired) electrons. The first-order chi connectivity index (χ1) is 9.45. The summed E-state index contributed by atoms with van der Waals surface area (Å²) in [5.41, 5.74) is 1.24. The van der Waals surface area contributed by atoms with Gasteiger partial charge in [-0.3, -0.25) is 0 Å². The molecule has 0 heterocycles. The van der Waals surface area contributed by atoms with Gasteiger partial charge in [-0.2, -0.15) is 0 Å². The second-order valence-corrected chi connectivity index (χ2v) is 7.34. The van der Waals surface area contributed by atoms with Crippen molar-refractivity contribution in [2.45, 2.75) is 44.9 Å². The summed E-state index contributed by atoms with van der Waals surface area (Å²) in [6.07, 6.45) is 1.68. The van der Waals surface area contributed by atoms with E-state index in [0.717, 1.165) is 19.4 Å². The van der Waals surface area contributed by atoms with Crippen molar-refractivity contribution < 1.29 is 8.42 Å². The Morgan fingerprint density at radius 2 is 1.80 bits per heavy atom. The van der Waals surface area contributed by atoms with Crippen molar-refractivity contribution in [1.82, 2.24) is 10.0 Å². The third-order valence-corrected chi connectivity index (χ3v) is 5.24. The Balaban J connectivity index is 2.42. The predicted octanol–water partition coefficient (Wildman–Crippen LogP) is 1.93. The van der Waals surface area contributed by atoms with E-state index in [4.69, 9.17) is 0 Å². The van der Waals surface area contributed by atoms with E-state index in [1.54, 1.807) is 6.92 Å². The average Bonchev–Trinajstić information content (AvgIpc) is 2.43. The third kappa shape index (κ3) is 6.03. The molecule has 2 unspecified atom stereocenters. The fourth-order valence-electron chi connectivity index (χ4n) is 1.94. The molecule has 1 aromatic carbocycles. The Morgan fingerprint density at radius 3 is 2.40 bits per heavy atom. The zero-order chi connectivity index (χ0) is 15.0. The molecule has 0 aromatic heterocycles. The van der Waals surface area contributed by atoms with Gasteiger partial charge >= 0.3 is 0 Å². The van der Waals surface area contributed by atoms with Crippen LogP contribution < -0.4 is 10.0 Å². The molecule has 0 spiro atoms. The molecule has 1 rings (SSSR count). The minimum Gasteiger partial charge on any atom is -0.316 e. The Bertz CT molecular complexity index is 474. The van der Waals surface area contributed by atoms with Gasteiger partial charge in [0.2, 0.25) is 10.0 Å². The summed E-state index contributed by atoms with van der Waals surface area (Å²) in [5, 5.41) is 2.65. The van der Waals surface area contributed by atoms with Gasteiger partial charge in [0, 0.05) is 12.6 Å². The van der Waals surface area contributed by atoms with Gasteiger partial charge in [0.1, 0.15) is 0 Å². The van der Waals surface area contributed by atoms with E-state index >= 15 is 0 Å². The summed E-state index contributed by atoms with van der Waals surface area (Å²) in [6.45, 7) is 6.88. The van der Waals surface area contributed by atoms with Crippen LogP contribution in [-0.4, -0.2) is 32.8 Å². The van der Waals surface area contributed by atoms with Gasteiger partial charge in [-0.15, -0.1) is 0 Å². The number of aryl methyl sites for hydroxylation is 1. The van der Waals surface area contributed by atoms with E-state index in [0.29, 0.717) is 6.54 Å². The zero-order valence-corrected chi connectivity index (χ0v) is 13.4. The third-order valence-electron chi connectivity index (χ3n) is 3.29. The fraction of sp³-hybridized carbons (Fsp3) is 0.600. The molecular formula is C15H26N2O2S. The summed E-state index contributed by atoms with van der Waals surface area (Å²) in [6, 6.07) is 10.1. The largest absolute Gasteiger partial charge is 0.316 e. The predicted molar refractivity (Wildman–Crippen MR) is 84.3 cm³/mol. The number of hydrogen-bond acceptors (Lipinski definition) is 3.